The second kappa shape index (κ2) is 5.90. The normalized spacial score (nSPS) is 25.4. The van der Waals surface area contributed by atoms with Gasteiger partial charge in [-0.1, -0.05) is 34.1 Å². The van der Waals surface area contributed by atoms with E-state index in [-0.39, 0.29) is 29.2 Å². The molecule has 19 heavy (non-hydrogen) atoms. The molecule has 0 aliphatic carbocycles. The molecule has 1 saturated heterocycles. The van der Waals surface area contributed by atoms with Crippen molar-refractivity contribution < 1.29 is 9.59 Å². The SMILES string of the molecule is CC[C@@H]1CCN(C(=O)[C@@H](NC)C(C)(C)C)[C@@H]1C(N)=O. The lowest BCUT2D eigenvalue weighted by Crippen LogP contribution is -2.56. The summed E-state index contributed by atoms with van der Waals surface area (Å²) in [5.41, 5.74) is 5.29. The molecule has 0 spiro atoms. The van der Waals surface area contributed by atoms with E-state index < -0.39 is 6.04 Å². The van der Waals surface area contributed by atoms with Gasteiger partial charge < -0.3 is 16.0 Å². The maximum atomic E-state index is 12.7. The Morgan fingerprint density at radius 3 is 2.37 bits per heavy atom. The van der Waals surface area contributed by atoms with Crippen molar-refractivity contribution in [2.45, 2.75) is 52.6 Å². The highest BCUT2D eigenvalue weighted by molar-refractivity contribution is 5.90. The minimum absolute atomic E-state index is 0.0187. The second-order valence-electron chi connectivity index (χ2n) is 6.42. The molecule has 3 atom stereocenters. The van der Waals surface area contributed by atoms with Gasteiger partial charge in [0.1, 0.15) is 6.04 Å². The zero-order valence-corrected chi connectivity index (χ0v) is 12.7. The van der Waals surface area contributed by atoms with Crippen molar-refractivity contribution in [3.63, 3.8) is 0 Å². The van der Waals surface area contributed by atoms with E-state index in [1.165, 1.54) is 0 Å². The maximum Gasteiger partial charge on any atom is 0.240 e. The Morgan fingerprint density at radius 1 is 1.42 bits per heavy atom. The Bertz CT molecular complexity index is 349. The predicted molar refractivity (Wildman–Crippen MR) is 75.4 cm³/mol. The first-order valence-corrected chi connectivity index (χ1v) is 7.01. The first-order chi connectivity index (χ1) is 8.73. The summed E-state index contributed by atoms with van der Waals surface area (Å²) in [5, 5.41) is 3.07. The zero-order valence-electron chi connectivity index (χ0n) is 12.7. The van der Waals surface area contributed by atoms with Gasteiger partial charge in [0.25, 0.3) is 0 Å². The van der Waals surface area contributed by atoms with E-state index in [9.17, 15) is 9.59 Å². The number of carbonyl (C=O) groups excluding carboxylic acids is 2. The molecule has 0 aromatic rings. The van der Waals surface area contributed by atoms with Crippen LogP contribution in [0.3, 0.4) is 0 Å². The summed E-state index contributed by atoms with van der Waals surface area (Å²) in [5.74, 6) is -0.213. The molecule has 1 aliphatic rings. The average Bonchev–Trinajstić information content (AvgIpc) is 2.71. The van der Waals surface area contributed by atoms with Crippen molar-refractivity contribution in [1.82, 2.24) is 10.2 Å². The predicted octanol–water partition coefficient (Wildman–Crippen LogP) is 0.733. The van der Waals surface area contributed by atoms with Crippen LogP contribution >= 0.6 is 0 Å². The summed E-state index contributed by atoms with van der Waals surface area (Å²) < 4.78 is 0. The molecule has 0 unspecified atom stereocenters. The molecule has 1 aliphatic heterocycles. The Balaban J connectivity index is 2.95. The minimum atomic E-state index is -0.448. The largest absolute Gasteiger partial charge is 0.368 e. The zero-order chi connectivity index (χ0) is 14.8. The molecule has 0 aromatic heterocycles. The Hall–Kier alpha value is -1.10. The Kier molecular flexibility index (Phi) is 4.96. The number of nitrogens with one attached hydrogen (secondary N) is 1. The summed E-state index contributed by atoms with van der Waals surface area (Å²) in [4.78, 5) is 26.0. The maximum absolute atomic E-state index is 12.7. The fourth-order valence-electron chi connectivity index (χ4n) is 3.01. The molecular formula is C14H27N3O2. The summed E-state index contributed by atoms with van der Waals surface area (Å²) >= 11 is 0. The lowest BCUT2D eigenvalue weighted by atomic mass is 9.85. The van der Waals surface area contributed by atoms with Crippen LogP contribution in [0.5, 0.6) is 0 Å². The number of nitrogens with two attached hydrogens (primary N) is 1. The van der Waals surface area contributed by atoms with Crippen molar-refractivity contribution in [3.8, 4) is 0 Å². The number of hydrogen-bond donors (Lipinski definition) is 2. The number of likely N-dealkylation sites (N-methyl/N-ethyl adjacent to an activating group) is 1. The quantitative estimate of drug-likeness (QED) is 0.790. The standard InChI is InChI=1S/C14H27N3O2/c1-6-9-7-8-17(10(9)12(15)18)13(19)11(16-5)14(2,3)4/h9-11,16H,6-8H2,1-5H3,(H2,15,18)/t9-,10+,11-/m1/s1. The van der Waals surface area contributed by atoms with Gasteiger partial charge >= 0.3 is 0 Å². The van der Waals surface area contributed by atoms with Crippen LogP contribution in [0.15, 0.2) is 0 Å². The Labute approximate surface area is 115 Å². The summed E-state index contributed by atoms with van der Waals surface area (Å²) in [6, 6.07) is -0.749. The molecule has 3 N–H and O–H groups in total. The van der Waals surface area contributed by atoms with E-state index in [4.69, 9.17) is 5.73 Å². The van der Waals surface area contributed by atoms with Gasteiger partial charge in [-0.15, -0.1) is 0 Å². The van der Waals surface area contributed by atoms with Crippen LogP contribution in [-0.2, 0) is 9.59 Å². The topological polar surface area (TPSA) is 75.4 Å². The van der Waals surface area contributed by atoms with Gasteiger partial charge in [-0.25, -0.2) is 0 Å². The Morgan fingerprint density at radius 2 is 2.00 bits per heavy atom. The van der Waals surface area contributed by atoms with Crippen molar-refractivity contribution in [1.29, 1.82) is 0 Å². The van der Waals surface area contributed by atoms with E-state index in [1.54, 1.807) is 11.9 Å². The van der Waals surface area contributed by atoms with Crippen LogP contribution in [-0.4, -0.2) is 42.4 Å². The molecule has 1 rings (SSSR count). The number of nitrogens with zero attached hydrogens (tertiary/aromatic N) is 1. The highest BCUT2D eigenvalue weighted by Crippen LogP contribution is 2.30. The third-order valence-electron chi connectivity index (χ3n) is 4.02. The molecule has 0 aromatic carbocycles. The lowest BCUT2D eigenvalue weighted by Gasteiger charge is -2.35. The fourth-order valence-corrected chi connectivity index (χ4v) is 3.01. The molecule has 110 valence electrons. The highest BCUT2D eigenvalue weighted by atomic mass is 16.2. The molecule has 1 heterocycles. The van der Waals surface area contributed by atoms with Crippen LogP contribution < -0.4 is 11.1 Å². The smallest absolute Gasteiger partial charge is 0.240 e. The molecule has 0 saturated carbocycles. The van der Waals surface area contributed by atoms with Gasteiger partial charge in [0.15, 0.2) is 0 Å². The molecule has 1 fully saturated rings. The van der Waals surface area contributed by atoms with Gasteiger partial charge in [-0.2, -0.15) is 0 Å². The monoisotopic (exact) mass is 269 g/mol. The van der Waals surface area contributed by atoms with E-state index in [0.717, 1.165) is 12.8 Å². The first-order valence-electron chi connectivity index (χ1n) is 7.01. The van der Waals surface area contributed by atoms with Crippen molar-refractivity contribution >= 4 is 11.8 Å². The third kappa shape index (κ3) is 3.26. The van der Waals surface area contributed by atoms with E-state index in [2.05, 4.69) is 5.32 Å². The van der Waals surface area contributed by atoms with Crippen molar-refractivity contribution in [2.24, 2.45) is 17.1 Å². The number of carbonyl (C=O) groups is 2. The van der Waals surface area contributed by atoms with Gasteiger partial charge in [0, 0.05) is 6.54 Å². The van der Waals surface area contributed by atoms with Crippen molar-refractivity contribution in [3.05, 3.63) is 0 Å². The fraction of sp³-hybridized carbons (Fsp3) is 0.857. The van der Waals surface area contributed by atoms with Crippen LogP contribution in [0.1, 0.15) is 40.5 Å². The average molecular weight is 269 g/mol. The number of amides is 2. The second-order valence-corrected chi connectivity index (χ2v) is 6.42. The third-order valence-corrected chi connectivity index (χ3v) is 4.02. The number of hydrogen-bond acceptors (Lipinski definition) is 3. The van der Waals surface area contributed by atoms with Crippen LogP contribution in [0.4, 0.5) is 0 Å². The lowest BCUT2D eigenvalue weighted by molar-refractivity contribution is -0.141. The minimum Gasteiger partial charge on any atom is -0.368 e. The van der Waals surface area contributed by atoms with E-state index in [1.807, 2.05) is 27.7 Å². The summed E-state index contributed by atoms with van der Waals surface area (Å²) in [6.45, 7) is 8.70. The van der Waals surface area contributed by atoms with Crippen LogP contribution in [0.2, 0.25) is 0 Å². The van der Waals surface area contributed by atoms with Crippen LogP contribution in [0.25, 0.3) is 0 Å². The number of likely N-dealkylation sites (tertiary alicyclic amines) is 1. The van der Waals surface area contributed by atoms with E-state index in [0.29, 0.717) is 6.54 Å². The molecule has 0 radical (unpaired) electrons. The van der Waals surface area contributed by atoms with Gasteiger partial charge in [-0.3, -0.25) is 9.59 Å². The summed E-state index contributed by atoms with van der Waals surface area (Å²) in [6.07, 6.45) is 1.73. The first kappa shape index (κ1) is 16.0. The van der Waals surface area contributed by atoms with Crippen LogP contribution in [0, 0.1) is 11.3 Å². The van der Waals surface area contributed by atoms with Gasteiger partial charge in [-0.05, 0) is 24.8 Å². The summed E-state index contributed by atoms with van der Waals surface area (Å²) in [7, 11) is 1.78. The highest BCUT2D eigenvalue weighted by Gasteiger charge is 2.43. The number of primary amides is 1. The van der Waals surface area contributed by atoms with E-state index >= 15 is 0 Å². The molecule has 5 nitrogen and oxygen atoms in total. The molecule has 2 amide bonds. The number of rotatable bonds is 4. The van der Waals surface area contributed by atoms with Gasteiger partial charge in [0.05, 0.1) is 6.04 Å². The molecule has 0 bridgehead atoms. The molecule has 5 heteroatoms. The molecular weight excluding hydrogens is 242 g/mol. The van der Waals surface area contributed by atoms with Crippen molar-refractivity contribution in [2.75, 3.05) is 13.6 Å². The van der Waals surface area contributed by atoms with Gasteiger partial charge in [0.2, 0.25) is 11.8 Å².